The highest BCUT2D eigenvalue weighted by Gasteiger charge is 2.34. The van der Waals surface area contributed by atoms with Crippen LogP contribution < -0.4 is 11.5 Å². The van der Waals surface area contributed by atoms with Crippen LogP contribution in [0.3, 0.4) is 0 Å². The Kier molecular flexibility index (Phi) is 4.79. The van der Waals surface area contributed by atoms with Gasteiger partial charge < -0.3 is 21.1 Å². The first-order chi connectivity index (χ1) is 11.8. The molecular weight excluding hydrogens is 370 g/mol. The predicted molar refractivity (Wildman–Crippen MR) is 79.2 cm³/mol. The number of fused-ring (bicyclic) bond motifs is 1. The van der Waals surface area contributed by atoms with Crippen LogP contribution in [0.25, 0.3) is 10.8 Å². The summed E-state index contributed by atoms with van der Waals surface area (Å²) in [6.07, 6.45) is -10.3. The average molecular weight is 382 g/mol. The molecule has 0 saturated heterocycles. The van der Waals surface area contributed by atoms with Gasteiger partial charge in [-0.25, -0.2) is 0 Å². The quantitative estimate of drug-likeness (QED) is 0.430. The van der Waals surface area contributed by atoms with Crippen molar-refractivity contribution in [1.82, 2.24) is 4.57 Å². The van der Waals surface area contributed by atoms with Crippen LogP contribution >= 0.6 is 0 Å². The van der Waals surface area contributed by atoms with Crippen LogP contribution in [0.4, 0.5) is 26.3 Å². The van der Waals surface area contributed by atoms with Crippen LogP contribution in [0.5, 0.6) is 5.88 Å². The Morgan fingerprint density at radius 1 is 1.12 bits per heavy atom. The monoisotopic (exact) mass is 382 g/mol. The van der Waals surface area contributed by atoms with Crippen molar-refractivity contribution in [2.45, 2.75) is 25.3 Å². The van der Waals surface area contributed by atoms with E-state index in [-0.39, 0.29) is 11.1 Å². The lowest BCUT2D eigenvalue weighted by molar-refractivity contribution is -0.142. The summed E-state index contributed by atoms with van der Waals surface area (Å²) in [4.78, 5) is 14.9. The minimum atomic E-state index is -4.80. The van der Waals surface area contributed by atoms with Gasteiger partial charge in [-0.1, -0.05) is 6.07 Å². The van der Waals surface area contributed by atoms with Crippen LogP contribution in [0.15, 0.2) is 23.2 Å². The van der Waals surface area contributed by atoms with E-state index in [0.717, 1.165) is 6.07 Å². The van der Waals surface area contributed by atoms with Gasteiger partial charge in [0.05, 0.1) is 12.0 Å². The molecule has 1 aromatic carbocycles. The number of guanidine groups is 1. The number of aromatic nitrogens is 1. The Morgan fingerprint density at radius 2 is 1.73 bits per heavy atom. The van der Waals surface area contributed by atoms with Crippen LogP contribution in [0.1, 0.15) is 11.3 Å². The molecule has 0 aliphatic carbocycles. The van der Waals surface area contributed by atoms with Gasteiger partial charge >= 0.3 is 12.4 Å². The lowest BCUT2D eigenvalue weighted by Crippen LogP contribution is -2.25. The van der Waals surface area contributed by atoms with Gasteiger partial charge in [0, 0.05) is 16.5 Å². The topological polar surface area (TPSA) is 107 Å². The summed E-state index contributed by atoms with van der Waals surface area (Å²) in [5.41, 5.74) is 8.51. The molecule has 0 aliphatic rings. The molecule has 2 aromatic rings. The Balaban J connectivity index is 2.67. The van der Waals surface area contributed by atoms with Gasteiger partial charge in [0.25, 0.3) is 5.91 Å². The molecule has 0 atom stereocenters. The van der Waals surface area contributed by atoms with Gasteiger partial charge in [0.2, 0.25) is 0 Å². The summed E-state index contributed by atoms with van der Waals surface area (Å²) < 4.78 is 77.1. The molecule has 5 N–H and O–H groups in total. The Bertz CT molecular complexity index is 878. The second-order valence-corrected chi connectivity index (χ2v) is 5.34. The lowest BCUT2D eigenvalue weighted by Gasteiger charge is -2.12. The minimum Gasteiger partial charge on any atom is -0.494 e. The maximum absolute atomic E-state index is 12.8. The number of benzene rings is 1. The molecule has 0 spiro atoms. The van der Waals surface area contributed by atoms with Crippen molar-refractivity contribution in [3.05, 3.63) is 29.5 Å². The maximum Gasteiger partial charge on any atom is 0.416 e. The van der Waals surface area contributed by atoms with Gasteiger partial charge in [-0.15, -0.1) is 0 Å². The van der Waals surface area contributed by atoms with Gasteiger partial charge in [-0.2, -0.15) is 31.3 Å². The zero-order valence-electron chi connectivity index (χ0n) is 12.8. The first-order valence-corrected chi connectivity index (χ1v) is 6.90. The first-order valence-electron chi connectivity index (χ1n) is 6.90. The third-order valence-corrected chi connectivity index (χ3v) is 3.39. The van der Waals surface area contributed by atoms with E-state index >= 15 is 0 Å². The second kappa shape index (κ2) is 6.42. The SMILES string of the molecule is NC(N)=NC(=O)Cc1c2ccc(C(F)(F)F)cc2c(O)n1CC(F)(F)F. The number of hydrogen-bond donors (Lipinski definition) is 3. The summed E-state index contributed by atoms with van der Waals surface area (Å²) in [6.45, 7) is -1.71. The largest absolute Gasteiger partial charge is 0.494 e. The molecule has 2 rings (SSSR count). The van der Waals surface area contributed by atoms with E-state index in [1.165, 1.54) is 0 Å². The number of alkyl halides is 6. The first kappa shape index (κ1) is 19.4. The number of aromatic hydroxyl groups is 1. The number of aliphatic imine (C=N–C) groups is 1. The molecule has 12 heteroatoms. The van der Waals surface area contributed by atoms with Crippen molar-refractivity contribution in [2.75, 3.05) is 0 Å². The molecule has 0 saturated carbocycles. The summed E-state index contributed by atoms with van der Waals surface area (Å²) in [7, 11) is 0. The molecule has 1 amide bonds. The Hall–Kier alpha value is -2.92. The van der Waals surface area contributed by atoms with E-state index < -0.39 is 54.0 Å². The molecule has 0 radical (unpaired) electrons. The molecule has 0 aliphatic heterocycles. The molecule has 26 heavy (non-hydrogen) atoms. The van der Waals surface area contributed by atoms with E-state index in [4.69, 9.17) is 11.5 Å². The molecule has 0 bridgehead atoms. The van der Waals surface area contributed by atoms with Crippen LogP contribution in [0, 0.1) is 0 Å². The van der Waals surface area contributed by atoms with Gasteiger partial charge in [-0.05, 0) is 12.1 Å². The minimum absolute atomic E-state index is 0.154. The molecule has 142 valence electrons. The van der Waals surface area contributed by atoms with Crippen molar-refractivity contribution in [3.8, 4) is 5.88 Å². The fourth-order valence-corrected chi connectivity index (χ4v) is 2.44. The number of nitrogens with two attached hydrogens (primary N) is 2. The maximum atomic E-state index is 12.8. The van der Waals surface area contributed by atoms with Crippen LogP contribution in [-0.2, 0) is 23.9 Å². The normalized spacial score (nSPS) is 12.4. The number of hydrogen-bond acceptors (Lipinski definition) is 2. The summed E-state index contributed by atoms with van der Waals surface area (Å²) in [5.74, 6) is -2.69. The highest BCUT2D eigenvalue weighted by Crippen LogP contribution is 2.38. The summed E-state index contributed by atoms with van der Waals surface area (Å²) >= 11 is 0. The molecular formula is C14H12F6N4O2. The third kappa shape index (κ3) is 4.18. The van der Waals surface area contributed by atoms with Crippen molar-refractivity contribution < 1.29 is 36.2 Å². The van der Waals surface area contributed by atoms with Crippen molar-refractivity contribution in [1.29, 1.82) is 0 Å². The fourth-order valence-electron chi connectivity index (χ4n) is 2.44. The highest BCUT2D eigenvalue weighted by molar-refractivity contribution is 5.97. The Morgan fingerprint density at radius 3 is 2.23 bits per heavy atom. The van der Waals surface area contributed by atoms with Crippen molar-refractivity contribution in [3.63, 3.8) is 0 Å². The number of nitrogens with zero attached hydrogens (tertiary/aromatic N) is 2. The lowest BCUT2D eigenvalue weighted by atomic mass is 10.1. The summed E-state index contributed by atoms with van der Waals surface area (Å²) in [6, 6.07) is 2.02. The van der Waals surface area contributed by atoms with Gasteiger partial charge in [0.15, 0.2) is 11.8 Å². The standard InChI is InChI=1S/C14H12F6N4O2/c15-13(16,17)5-24-9(4-10(25)23-12(21)22)7-2-1-6(14(18,19)20)3-8(7)11(24)26/h1-3,26H,4-5H2,(H4,21,22,23,25). The fraction of sp³-hybridized carbons (Fsp3) is 0.286. The third-order valence-electron chi connectivity index (χ3n) is 3.39. The smallest absolute Gasteiger partial charge is 0.416 e. The number of amides is 1. The van der Waals surface area contributed by atoms with Crippen LogP contribution in [-0.4, -0.2) is 27.7 Å². The van der Waals surface area contributed by atoms with E-state index in [9.17, 15) is 36.2 Å². The number of halogens is 6. The Labute approximate surface area is 141 Å². The zero-order valence-corrected chi connectivity index (χ0v) is 12.8. The molecule has 1 heterocycles. The van der Waals surface area contributed by atoms with E-state index in [1.807, 2.05) is 0 Å². The van der Waals surface area contributed by atoms with E-state index in [1.54, 1.807) is 0 Å². The number of rotatable bonds is 3. The van der Waals surface area contributed by atoms with E-state index in [0.29, 0.717) is 16.7 Å². The molecule has 0 fully saturated rings. The molecule has 6 nitrogen and oxygen atoms in total. The van der Waals surface area contributed by atoms with E-state index in [2.05, 4.69) is 4.99 Å². The molecule has 0 unspecified atom stereocenters. The molecule has 1 aromatic heterocycles. The second-order valence-electron chi connectivity index (χ2n) is 5.34. The zero-order chi connectivity index (χ0) is 19.9. The average Bonchev–Trinajstić information content (AvgIpc) is 2.69. The highest BCUT2D eigenvalue weighted by atomic mass is 19.4. The van der Waals surface area contributed by atoms with Gasteiger partial charge in [0.1, 0.15) is 6.54 Å². The van der Waals surface area contributed by atoms with Crippen LogP contribution in [0.2, 0.25) is 0 Å². The van der Waals surface area contributed by atoms with Crippen molar-refractivity contribution >= 4 is 22.6 Å². The number of carbonyl (C=O) groups excluding carboxylic acids is 1. The van der Waals surface area contributed by atoms with Crippen molar-refractivity contribution in [2.24, 2.45) is 16.5 Å². The number of carbonyl (C=O) groups is 1. The predicted octanol–water partition coefficient (Wildman–Crippen LogP) is 2.27. The summed E-state index contributed by atoms with van der Waals surface area (Å²) in [5, 5.41) is 9.39. The van der Waals surface area contributed by atoms with Gasteiger partial charge in [-0.3, -0.25) is 4.79 Å².